The molecule has 16 heavy (non-hydrogen) atoms. The first-order valence-electron chi connectivity index (χ1n) is 6.07. The van der Waals surface area contributed by atoms with E-state index >= 15 is 0 Å². The maximum absolute atomic E-state index is 5.51. The summed E-state index contributed by atoms with van der Waals surface area (Å²) < 4.78 is 5.51. The van der Waals surface area contributed by atoms with Crippen LogP contribution in [0.25, 0.3) is 0 Å². The van der Waals surface area contributed by atoms with Crippen LogP contribution in [0.4, 0.5) is 0 Å². The van der Waals surface area contributed by atoms with Crippen LogP contribution >= 0.6 is 0 Å². The van der Waals surface area contributed by atoms with Crippen LogP contribution in [0.1, 0.15) is 32.0 Å². The van der Waals surface area contributed by atoms with Crippen LogP contribution in [-0.4, -0.2) is 40.5 Å². The molecule has 5 nitrogen and oxygen atoms in total. The van der Waals surface area contributed by atoms with Crippen molar-refractivity contribution in [1.82, 2.24) is 20.5 Å². The lowest BCUT2D eigenvalue weighted by Gasteiger charge is -2.35. The predicted octanol–water partition coefficient (Wildman–Crippen LogP) is 0.894. The molecule has 2 N–H and O–H groups in total. The van der Waals surface area contributed by atoms with E-state index in [1.54, 1.807) is 6.33 Å². The van der Waals surface area contributed by atoms with E-state index in [0.29, 0.717) is 12.1 Å². The van der Waals surface area contributed by atoms with Crippen LogP contribution in [0.2, 0.25) is 0 Å². The van der Waals surface area contributed by atoms with Gasteiger partial charge >= 0.3 is 0 Å². The van der Waals surface area contributed by atoms with Crippen LogP contribution < -0.4 is 5.32 Å². The lowest BCUT2D eigenvalue weighted by molar-refractivity contribution is -0.00973. The third-order valence-electron chi connectivity index (χ3n) is 2.99. The van der Waals surface area contributed by atoms with E-state index in [1.165, 1.54) is 0 Å². The molecule has 0 bridgehead atoms. The van der Waals surface area contributed by atoms with E-state index in [0.717, 1.165) is 44.7 Å². The van der Waals surface area contributed by atoms with E-state index in [-0.39, 0.29) is 0 Å². The number of nitrogens with one attached hydrogen (secondary N) is 2. The van der Waals surface area contributed by atoms with Gasteiger partial charge in [-0.2, -0.15) is 5.10 Å². The number of rotatable bonds is 7. The third kappa shape index (κ3) is 3.28. The molecule has 0 radical (unpaired) electrons. The van der Waals surface area contributed by atoms with Gasteiger partial charge in [0.15, 0.2) is 0 Å². The zero-order valence-electron chi connectivity index (χ0n) is 9.78. The minimum atomic E-state index is 0.497. The van der Waals surface area contributed by atoms with Crippen molar-refractivity contribution in [1.29, 1.82) is 0 Å². The summed E-state index contributed by atoms with van der Waals surface area (Å²) in [6.45, 7) is 3.94. The quantitative estimate of drug-likeness (QED) is 0.675. The molecule has 0 spiro atoms. The van der Waals surface area contributed by atoms with Crippen molar-refractivity contribution in [2.24, 2.45) is 0 Å². The first kappa shape index (κ1) is 11.5. The highest BCUT2D eigenvalue weighted by Crippen LogP contribution is 2.22. The predicted molar refractivity (Wildman–Crippen MR) is 61.1 cm³/mol. The molecular formula is C11H20N4O. The summed E-state index contributed by atoms with van der Waals surface area (Å²) in [6, 6.07) is 0.659. The summed E-state index contributed by atoms with van der Waals surface area (Å²) in [5.74, 6) is 0.975. The van der Waals surface area contributed by atoms with Crippen molar-refractivity contribution < 1.29 is 4.74 Å². The fourth-order valence-electron chi connectivity index (χ4n) is 2.02. The molecule has 90 valence electrons. The number of H-pyrrole nitrogens is 1. The number of nitrogens with zero attached hydrogens (tertiary/aromatic N) is 2. The fourth-order valence-corrected chi connectivity index (χ4v) is 2.02. The molecule has 0 aliphatic heterocycles. The van der Waals surface area contributed by atoms with Gasteiger partial charge in [0.1, 0.15) is 12.2 Å². The Kier molecular flexibility index (Phi) is 4.30. The third-order valence-corrected chi connectivity index (χ3v) is 2.99. The van der Waals surface area contributed by atoms with Gasteiger partial charge in [-0.25, -0.2) is 4.98 Å². The van der Waals surface area contributed by atoms with Crippen LogP contribution in [0.5, 0.6) is 0 Å². The van der Waals surface area contributed by atoms with Crippen LogP contribution in [-0.2, 0) is 11.2 Å². The minimum absolute atomic E-state index is 0.497. The Hall–Kier alpha value is -0.940. The van der Waals surface area contributed by atoms with Gasteiger partial charge in [-0.1, -0.05) is 0 Å². The fraction of sp³-hybridized carbons (Fsp3) is 0.818. The van der Waals surface area contributed by atoms with Gasteiger partial charge in [0.05, 0.1) is 6.10 Å². The SMILES string of the molecule is CCOC1CC(NCCCc2ncn[nH]2)C1. The number of hydrogen-bond acceptors (Lipinski definition) is 4. The molecule has 1 aromatic rings. The van der Waals surface area contributed by atoms with Crippen molar-refractivity contribution in [2.75, 3.05) is 13.2 Å². The zero-order chi connectivity index (χ0) is 11.2. The Labute approximate surface area is 96.0 Å². The molecule has 0 amide bonds. The molecule has 1 aliphatic carbocycles. The number of ether oxygens (including phenoxy) is 1. The van der Waals surface area contributed by atoms with Crippen molar-refractivity contribution in [3.63, 3.8) is 0 Å². The van der Waals surface area contributed by atoms with Gasteiger partial charge in [-0.15, -0.1) is 0 Å². The summed E-state index contributed by atoms with van der Waals surface area (Å²) in [4.78, 5) is 4.09. The van der Waals surface area contributed by atoms with Crippen LogP contribution in [0.15, 0.2) is 6.33 Å². The van der Waals surface area contributed by atoms with E-state index in [9.17, 15) is 0 Å². The highest BCUT2D eigenvalue weighted by Gasteiger charge is 2.28. The number of aromatic nitrogens is 3. The summed E-state index contributed by atoms with van der Waals surface area (Å²) in [6.07, 6.45) is 6.45. The molecule has 0 atom stereocenters. The average Bonchev–Trinajstić information content (AvgIpc) is 2.72. The maximum Gasteiger partial charge on any atom is 0.137 e. The van der Waals surface area contributed by atoms with Crippen molar-refractivity contribution in [3.8, 4) is 0 Å². The smallest absolute Gasteiger partial charge is 0.137 e. The van der Waals surface area contributed by atoms with E-state index < -0.39 is 0 Å². The molecule has 1 fully saturated rings. The molecule has 5 heteroatoms. The molecule has 2 rings (SSSR count). The number of hydrogen-bond donors (Lipinski definition) is 2. The Morgan fingerprint density at radius 1 is 1.56 bits per heavy atom. The molecule has 1 aliphatic rings. The van der Waals surface area contributed by atoms with Gasteiger partial charge in [-0.3, -0.25) is 5.10 Å². The second kappa shape index (κ2) is 5.96. The molecule has 0 unspecified atom stereocenters. The average molecular weight is 224 g/mol. The minimum Gasteiger partial charge on any atom is -0.378 e. The van der Waals surface area contributed by atoms with Gasteiger partial charge in [0.2, 0.25) is 0 Å². The van der Waals surface area contributed by atoms with Crippen LogP contribution in [0, 0.1) is 0 Å². The van der Waals surface area contributed by atoms with Gasteiger partial charge in [0, 0.05) is 19.1 Å². The van der Waals surface area contributed by atoms with Gasteiger partial charge in [-0.05, 0) is 32.7 Å². The Morgan fingerprint density at radius 2 is 2.44 bits per heavy atom. The normalized spacial score (nSPS) is 24.3. The summed E-state index contributed by atoms with van der Waals surface area (Å²) >= 11 is 0. The Balaban J connectivity index is 1.47. The van der Waals surface area contributed by atoms with E-state index in [4.69, 9.17) is 4.74 Å². The van der Waals surface area contributed by atoms with Crippen molar-refractivity contribution in [2.45, 2.75) is 44.8 Å². The van der Waals surface area contributed by atoms with Crippen molar-refractivity contribution in [3.05, 3.63) is 12.2 Å². The lowest BCUT2D eigenvalue weighted by Crippen LogP contribution is -2.45. The van der Waals surface area contributed by atoms with Gasteiger partial charge < -0.3 is 10.1 Å². The lowest BCUT2D eigenvalue weighted by atomic mass is 9.89. The topological polar surface area (TPSA) is 62.8 Å². The number of aromatic amines is 1. The maximum atomic E-state index is 5.51. The van der Waals surface area contributed by atoms with Crippen molar-refractivity contribution >= 4 is 0 Å². The molecule has 0 aromatic carbocycles. The summed E-state index contributed by atoms with van der Waals surface area (Å²) in [5.41, 5.74) is 0. The highest BCUT2D eigenvalue weighted by atomic mass is 16.5. The van der Waals surface area contributed by atoms with E-state index in [1.807, 2.05) is 0 Å². The number of aryl methyl sites for hydroxylation is 1. The van der Waals surface area contributed by atoms with Crippen LogP contribution in [0.3, 0.4) is 0 Å². The molecule has 1 heterocycles. The molecular weight excluding hydrogens is 204 g/mol. The zero-order valence-corrected chi connectivity index (χ0v) is 9.78. The summed E-state index contributed by atoms with van der Waals surface area (Å²) in [7, 11) is 0. The monoisotopic (exact) mass is 224 g/mol. The highest BCUT2D eigenvalue weighted by molar-refractivity contribution is 4.86. The molecule has 1 saturated carbocycles. The largest absolute Gasteiger partial charge is 0.378 e. The molecule has 0 saturated heterocycles. The second-order valence-corrected chi connectivity index (χ2v) is 4.24. The summed E-state index contributed by atoms with van der Waals surface area (Å²) in [5, 5.41) is 10.2. The second-order valence-electron chi connectivity index (χ2n) is 4.24. The molecule has 1 aromatic heterocycles. The first-order chi connectivity index (χ1) is 7.88. The Bertz CT molecular complexity index is 282. The first-order valence-corrected chi connectivity index (χ1v) is 6.07. The van der Waals surface area contributed by atoms with E-state index in [2.05, 4.69) is 27.4 Å². The standard InChI is InChI=1S/C11H20N4O/c1-2-16-10-6-9(7-10)12-5-3-4-11-13-8-14-15-11/h8-10,12H,2-7H2,1H3,(H,13,14,15). The Morgan fingerprint density at radius 3 is 3.12 bits per heavy atom. The van der Waals surface area contributed by atoms with Gasteiger partial charge in [0.25, 0.3) is 0 Å².